The predicted molar refractivity (Wildman–Crippen MR) is 113 cm³/mol. The molecular formula is C23H29FN4O. The molecule has 0 radical (unpaired) electrons. The van der Waals surface area contributed by atoms with Crippen molar-refractivity contribution in [1.29, 1.82) is 0 Å². The minimum atomic E-state index is -0.195. The van der Waals surface area contributed by atoms with E-state index in [2.05, 4.69) is 39.4 Å². The first kappa shape index (κ1) is 19.7. The van der Waals surface area contributed by atoms with Crippen molar-refractivity contribution >= 4 is 11.7 Å². The number of piperidine rings is 1. The van der Waals surface area contributed by atoms with Crippen LogP contribution < -0.4 is 10.2 Å². The third-order valence-corrected chi connectivity index (χ3v) is 5.92. The highest BCUT2D eigenvalue weighted by Gasteiger charge is 2.25. The molecule has 6 heteroatoms. The van der Waals surface area contributed by atoms with Gasteiger partial charge in [0.25, 0.3) is 0 Å². The van der Waals surface area contributed by atoms with Crippen molar-refractivity contribution in [3.05, 3.63) is 66.0 Å². The van der Waals surface area contributed by atoms with Gasteiger partial charge < -0.3 is 15.1 Å². The van der Waals surface area contributed by atoms with Gasteiger partial charge in [-0.05, 0) is 42.7 Å². The fourth-order valence-electron chi connectivity index (χ4n) is 4.16. The van der Waals surface area contributed by atoms with E-state index in [0.29, 0.717) is 0 Å². The highest BCUT2D eigenvalue weighted by molar-refractivity contribution is 5.75. The van der Waals surface area contributed by atoms with E-state index in [1.165, 1.54) is 17.8 Å². The normalized spacial score (nSPS) is 18.7. The van der Waals surface area contributed by atoms with Crippen LogP contribution in [0, 0.1) is 5.82 Å². The molecular weight excluding hydrogens is 367 g/mol. The monoisotopic (exact) mass is 396 g/mol. The van der Waals surface area contributed by atoms with Gasteiger partial charge in [-0.25, -0.2) is 9.18 Å². The molecule has 0 aliphatic carbocycles. The summed E-state index contributed by atoms with van der Waals surface area (Å²) in [7, 11) is 0. The highest BCUT2D eigenvalue weighted by Crippen LogP contribution is 2.17. The summed E-state index contributed by atoms with van der Waals surface area (Å²) in [5, 5.41) is 3.23. The summed E-state index contributed by atoms with van der Waals surface area (Å²) in [4.78, 5) is 19.3. The van der Waals surface area contributed by atoms with Gasteiger partial charge in [0.1, 0.15) is 5.82 Å². The lowest BCUT2D eigenvalue weighted by atomic mass is 10.0. The van der Waals surface area contributed by atoms with Gasteiger partial charge in [-0.3, -0.25) is 4.90 Å². The first-order chi connectivity index (χ1) is 14.2. The number of anilines is 1. The number of piperazine rings is 1. The van der Waals surface area contributed by atoms with Gasteiger partial charge in [0, 0.05) is 57.5 Å². The third-order valence-electron chi connectivity index (χ3n) is 5.92. The van der Waals surface area contributed by atoms with Gasteiger partial charge in [-0.2, -0.15) is 0 Å². The average molecular weight is 397 g/mol. The number of carbonyl (C=O) groups is 1. The molecule has 0 aromatic heterocycles. The van der Waals surface area contributed by atoms with Crippen LogP contribution in [0.4, 0.5) is 14.9 Å². The first-order valence-electron chi connectivity index (χ1n) is 10.5. The Balaban J connectivity index is 1.19. The molecule has 2 heterocycles. The van der Waals surface area contributed by atoms with Crippen molar-refractivity contribution in [1.82, 2.24) is 15.1 Å². The number of carbonyl (C=O) groups excluding carboxylic acids is 1. The van der Waals surface area contributed by atoms with Gasteiger partial charge in [0.2, 0.25) is 0 Å². The van der Waals surface area contributed by atoms with E-state index in [4.69, 9.17) is 0 Å². The quantitative estimate of drug-likeness (QED) is 0.862. The summed E-state index contributed by atoms with van der Waals surface area (Å²) in [6.45, 7) is 5.98. The lowest BCUT2D eigenvalue weighted by molar-refractivity contribution is 0.167. The Morgan fingerprint density at radius 3 is 2.21 bits per heavy atom. The lowest BCUT2D eigenvalue weighted by Crippen LogP contribution is -2.54. The molecule has 0 bridgehead atoms. The van der Waals surface area contributed by atoms with Gasteiger partial charge in [-0.15, -0.1) is 0 Å². The number of benzene rings is 2. The van der Waals surface area contributed by atoms with Crippen molar-refractivity contribution in [2.45, 2.75) is 25.4 Å². The molecule has 2 aromatic carbocycles. The van der Waals surface area contributed by atoms with Gasteiger partial charge in [0.15, 0.2) is 0 Å². The van der Waals surface area contributed by atoms with Crippen LogP contribution in [0.3, 0.4) is 0 Å². The maximum absolute atomic E-state index is 13.0. The van der Waals surface area contributed by atoms with Gasteiger partial charge >= 0.3 is 6.03 Å². The Bertz CT molecular complexity index is 782. The summed E-state index contributed by atoms with van der Waals surface area (Å²) in [5.74, 6) is -0.195. The zero-order valence-electron chi connectivity index (χ0n) is 16.8. The third kappa shape index (κ3) is 5.26. The Hall–Kier alpha value is -2.60. The molecule has 4 rings (SSSR count). The molecule has 5 nitrogen and oxygen atoms in total. The van der Waals surface area contributed by atoms with Crippen LogP contribution in [-0.4, -0.2) is 61.1 Å². The number of para-hydroxylation sites is 1. The number of hydrogen-bond donors (Lipinski definition) is 1. The Morgan fingerprint density at radius 1 is 0.897 bits per heavy atom. The fourth-order valence-corrected chi connectivity index (χ4v) is 4.16. The number of likely N-dealkylation sites (tertiary alicyclic amines) is 1. The summed E-state index contributed by atoms with van der Waals surface area (Å²) < 4.78 is 13.0. The van der Waals surface area contributed by atoms with Crippen molar-refractivity contribution < 1.29 is 9.18 Å². The Labute approximate surface area is 172 Å². The molecule has 2 aliphatic rings. The van der Waals surface area contributed by atoms with Crippen LogP contribution in [0.5, 0.6) is 0 Å². The van der Waals surface area contributed by atoms with Crippen molar-refractivity contribution in [3.8, 4) is 0 Å². The van der Waals surface area contributed by atoms with Gasteiger partial charge in [0.05, 0.1) is 0 Å². The molecule has 154 valence electrons. The fraction of sp³-hybridized carbons (Fsp3) is 0.435. The molecule has 2 amide bonds. The van der Waals surface area contributed by atoms with Crippen LogP contribution >= 0.6 is 0 Å². The van der Waals surface area contributed by atoms with E-state index < -0.39 is 0 Å². The molecule has 2 aromatic rings. The summed E-state index contributed by atoms with van der Waals surface area (Å²) >= 11 is 0. The largest absolute Gasteiger partial charge is 0.368 e. The molecule has 0 saturated carbocycles. The van der Waals surface area contributed by atoms with Crippen LogP contribution in [0.1, 0.15) is 18.4 Å². The minimum absolute atomic E-state index is 0.0645. The molecule has 1 N–H and O–H groups in total. The Morgan fingerprint density at radius 2 is 1.55 bits per heavy atom. The summed E-state index contributed by atoms with van der Waals surface area (Å²) in [6.07, 6.45) is 1.91. The van der Waals surface area contributed by atoms with Crippen molar-refractivity contribution in [2.24, 2.45) is 0 Å². The van der Waals surface area contributed by atoms with E-state index >= 15 is 0 Å². The number of nitrogens with one attached hydrogen (secondary N) is 1. The molecule has 0 spiro atoms. The zero-order valence-corrected chi connectivity index (χ0v) is 16.8. The topological polar surface area (TPSA) is 38.8 Å². The average Bonchev–Trinajstić information content (AvgIpc) is 2.77. The second-order valence-corrected chi connectivity index (χ2v) is 7.94. The number of hydrogen-bond acceptors (Lipinski definition) is 3. The van der Waals surface area contributed by atoms with Gasteiger partial charge in [-0.1, -0.05) is 30.3 Å². The number of rotatable bonds is 4. The van der Waals surface area contributed by atoms with Crippen molar-refractivity contribution in [3.63, 3.8) is 0 Å². The summed E-state index contributed by atoms with van der Waals surface area (Å²) in [5.41, 5.74) is 2.35. The number of nitrogens with zero attached hydrogens (tertiary/aromatic N) is 3. The predicted octanol–water partition coefficient (Wildman–Crippen LogP) is 3.32. The standard InChI is InChI=1S/C23H29FN4O/c24-20-8-6-19(7-9-20)18-26-12-10-21(11-13-26)25-23(29)28-16-14-27(15-17-28)22-4-2-1-3-5-22/h1-9,21H,10-18H2,(H,25,29). The SMILES string of the molecule is O=C(NC1CCN(Cc2ccc(F)cc2)CC1)N1CCN(c2ccccc2)CC1. The number of amides is 2. The van der Waals surface area contributed by atoms with Crippen LogP contribution in [0.2, 0.25) is 0 Å². The van der Waals surface area contributed by atoms with E-state index in [1.54, 1.807) is 0 Å². The number of halogens is 1. The molecule has 2 aliphatic heterocycles. The second kappa shape index (κ2) is 9.27. The van der Waals surface area contributed by atoms with Crippen LogP contribution in [-0.2, 0) is 6.54 Å². The molecule has 2 fully saturated rings. The first-order valence-corrected chi connectivity index (χ1v) is 10.5. The molecule has 0 atom stereocenters. The molecule has 0 unspecified atom stereocenters. The van der Waals surface area contributed by atoms with E-state index in [1.807, 2.05) is 23.1 Å². The smallest absolute Gasteiger partial charge is 0.317 e. The number of urea groups is 1. The second-order valence-electron chi connectivity index (χ2n) is 7.94. The summed E-state index contributed by atoms with van der Waals surface area (Å²) in [6, 6.07) is 17.4. The highest BCUT2D eigenvalue weighted by atomic mass is 19.1. The molecule has 29 heavy (non-hydrogen) atoms. The zero-order chi connectivity index (χ0) is 20.1. The Kier molecular flexibility index (Phi) is 6.30. The van der Waals surface area contributed by atoms with Crippen LogP contribution in [0.25, 0.3) is 0 Å². The maximum atomic E-state index is 13.0. The van der Waals surface area contributed by atoms with Crippen molar-refractivity contribution in [2.75, 3.05) is 44.2 Å². The molecule has 2 saturated heterocycles. The minimum Gasteiger partial charge on any atom is -0.368 e. The van der Waals surface area contributed by atoms with E-state index in [9.17, 15) is 9.18 Å². The lowest BCUT2D eigenvalue weighted by Gasteiger charge is -2.38. The van der Waals surface area contributed by atoms with E-state index in [0.717, 1.165) is 64.2 Å². The maximum Gasteiger partial charge on any atom is 0.317 e. The van der Waals surface area contributed by atoms with Crippen LogP contribution in [0.15, 0.2) is 54.6 Å². The van der Waals surface area contributed by atoms with E-state index in [-0.39, 0.29) is 17.9 Å².